The monoisotopic (exact) mass is 326 g/mol. The maximum absolute atomic E-state index is 11.3. The number of hydrogen-bond donors (Lipinski definition) is 2. The van der Waals surface area contributed by atoms with Crippen LogP contribution < -0.4 is 10.6 Å². The van der Waals surface area contributed by atoms with Crippen LogP contribution in [-0.4, -0.2) is 30.1 Å². The number of halogens is 1. The van der Waals surface area contributed by atoms with Crippen LogP contribution in [0.3, 0.4) is 0 Å². The molecule has 102 valence electrons. The fourth-order valence-corrected chi connectivity index (χ4v) is 2.74. The number of anilines is 1. The van der Waals surface area contributed by atoms with Gasteiger partial charge < -0.3 is 15.7 Å². The number of nitrogens with zero attached hydrogens (tertiary/aromatic N) is 1. The summed E-state index contributed by atoms with van der Waals surface area (Å²) >= 11 is 3.27. The Morgan fingerprint density at radius 1 is 1.42 bits per heavy atom. The van der Waals surface area contributed by atoms with Crippen LogP contribution in [0, 0.1) is 5.92 Å². The van der Waals surface area contributed by atoms with E-state index < -0.39 is 5.97 Å². The molecule has 1 fully saturated rings. The van der Waals surface area contributed by atoms with Crippen molar-refractivity contribution in [1.82, 2.24) is 0 Å². The second kappa shape index (κ2) is 5.61. The number of carboxylic acid groups (broad SMARTS) is 1. The lowest BCUT2D eigenvalue weighted by molar-refractivity contribution is -0.122. The third-order valence-corrected chi connectivity index (χ3v) is 3.85. The highest BCUT2D eigenvalue weighted by Crippen LogP contribution is 2.28. The van der Waals surface area contributed by atoms with Gasteiger partial charge in [-0.2, -0.15) is 0 Å². The average molecular weight is 327 g/mol. The van der Waals surface area contributed by atoms with Crippen LogP contribution in [0.2, 0.25) is 0 Å². The first-order valence-corrected chi connectivity index (χ1v) is 6.85. The average Bonchev–Trinajstić information content (AvgIpc) is 2.38. The van der Waals surface area contributed by atoms with Gasteiger partial charge in [-0.05, 0) is 31.0 Å². The molecule has 0 radical (unpaired) electrons. The van der Waals surface area contributed by atoms with E-state index in [1.807, 2.05) is 4.90 Å². The quantitative estimate of drug-likeness (QED) is 0.887. The molecule has 1 aliphatic heterocycles. The smallest absolute Gasteiger partial charge is 0.337 e. The van der Waals surface area contributed by atoms with Crippen molar-refractivity contribution in [1.29, 1.82) is 0 Å². The molecule has 19 heavy (non-hydrogen) atoms. The van der Waals surface area contributed by atoms with Crippen molar-refractivity contribution in [2.45, 2.75) is 12.8 Å². The van der Waals surface area contributed by atoms with Crippen LogP contribution in [0.4, 0.5) is 5.69 Å². The first-order valence-electron chi connectivity index (χ1n) is 6.06. The summed E-state index contributed by atoms with van der Waals surface area (Å²) in [6.07, 6.45) is 1.60. The third-order valence-electron chi connectivity index (χ3n) is 3.35. The van der Waals surface area contributed by atoms with E-state index in [9.17, 15) is 14.7 Å². The maximum atomic E-state index is 11.3. The number of carboxylic acids is 1. The van der Waals surface area contributed by atoms with Crippen LogP contribution in [0.15, 0.2) is 22.7 Å². The van der Waals surface area contributed by atoms with Gasteiger partial charge in [0.2, 0.25) is 5.91 Å². The van der Waals surface area contributed by atoms with E-state index in [1.54, 1.807) is 18.2 Å². The van der Waals surface area contributed by atoms with Gasteiger partial charge in [0.1, 0.15) is 0 Å². The molecule has 0 bridgehead atoms. The molecule has 1 atom stereocenters. The summed E-state index contributed by atoms with van der Waals surface area (Å²) in [7, 11) is 0. The van der Waals surface area contributed by atoms with Gasteiger partial charge in [0, 0.05) is 17.6 Å². The summed E-state index contributed by atoms with van der Waals surface area (Å²) in [5, 5.41) is 9.26. The van der Waals surface area contributed by atoms with E-state index in [0.717, 1.165) is 23.9 Å². The number of carbonyl (C=O) groups is 2. The van der Waals surface area contributed by atoms with Crippen LogP contribution in [0.25, 0.3) is 0 Å². The Balaban J connectivity index is 2.30. The lowest BCUT2D eigenvalue weighted by atomic mass is 9.96. The Morgan fingerprint density at radius 2 is 2.16 bits per heavy atom. The third kappa shape index (κ3) is 3.07. The number of hydrogen-bond acceptors (Lipinski definition) is 3. The van der Waals surface area contributed by atoms with Gasteiger partial charge in [-0.25, -0.2) is 4.79 Å². The highest BCUT2D eigenvalue weighted by molar-refractivity contribution is 9.10. The predicted octanol–water partition coefficient (Wildman–Crippen LogP) is 1.85. The number of benzene rings is 1. The van der Waals surface area contributed by atoms with Crippen LogP contribution in [0.1, 0.15) is 23.2 Å². The van der Waals surface area contributed by atoms with Gasteiger partial charge in [-0.1, -0.05) is 15.9 Å². The van der Waals surface area contributed by atoms with Crippen molar-refractivity contribution in [3.05, 3.63) is 28.2 Å². The Morgan fingerprint density at radius 3 is 2.79 bits per heavy atom. The van der Waals surface area contributed by atoms with Crippen molar-refractivity contribution in [3.8, 4) is 0 Å². The summed E-state index contributed by atoms with van der Waals surface area (Å²) in [6, 6.07) is 5.14. The summed E-state index contributed by atoms with van der Waals surface area (Å²) in [6.45, 7) is 1.23. The van der Waals surface area contributed by atoms with Gasteiger partial charge in [-0.15, -0.1) is 0 Å². The van der Waals surface area contributed by atoms with E-state index in [4.69, 9.17) is 5.73 Å². The van der Waals surface area contributed by atoms with Crippen LogP contribution in [-0.2, 0) is 4.79 Å². The number of piperidine rings is 1. The summed E-state index contributed by atoms with van der Waals surface area (Å²) in [5.41, 5.74) is 6.22. The largest absolute Gasteiger partial charge is 0.478 e. The van der Waals surface area contributed by atoms with Crippen molar-refractivity contribution in [3.63, 3.8) is 0 Å². The molecular formula is C13H15BrN2O3. The Hall–Kier alpha value is -1.56. The minimum absolute atomic E-state index is 0.209. The SMILES string of the molecule is NC(=O)C1CCCN(c2ccc(Br)cc2C(=O)O)C1. The van der Waals surface area contributed by atoms with Crippen molar-refractivity contribution < 1.29 is 14.7 Å². The summed E-state index contributed by atoms with van der Waals surface area (Å²) in [4.78, 5) is 24.5. The number of nitrogens with two attached hydrogens (primary N) is 1. The molecule has 1 unspecified atom stereocenters. The van der Waals surface area contributed by atoms with Crippen LogP contribution >= 0.6 is 15.9 Å². The highest BCUT2D eigenvalue weighted by Gasteiger charge is 2.26. The zero-order chi connectivity index (χ0) is 14.0. The topological polar surface area (TPSA) is 83.6 Å². The standard InChI is InChI=1S/C13H15BrN2O3/c14-9-3-4-11(10(6-9)13(18)19)16-5-1-2-8(7-16)12(15)17/h3-4,6,8H,1-2,5,7H2,(H2,15,17)(H,18,19). The van der Waals surface area contributed by atoms with Gasteiger partial charge in [-0.3, -0.25) is 4.79 Å². The molecule has 1 amide bonds. The summed E-state index contributed by atoms with van der Waals surface area (Å²) in [5.74, 6) is -1.50. The molecule has 1 aliphatic rings. The van der Waals surface area contributed by atoms with Crippen molar-refractivity contribution >= 4 is 33.5 Å². The van der Waals surface area contributed by atoms with E-state index in [0.29, 0.717) is 12.2 Å². The maximum Gasteiger partial charge on any atom is 0.337 e. The van der Waals surface area contributed by atoms with E-state index in [-0.39, 0.29) is 17.4 Å². The Labute approximate surface area is 119 Å². The first-order chi connectivity index (χ1) is 8.99. The molecule has 5 nitrogen and oxygen atoms in total. The number of aromatic carboxylic acids is 1. The number of primary amides is 1. The normalized spacial score (nSPS) is 19.2. The van der Waals surface area contributed by atoms with Gasteiger partial charge in [0.15, 0.2) is 0 Å². The lowest BCUT2D eigenvalue weighted by Crippen LogP contribution is -2.41. The highest BCUT2D eigenvalue weighted by atomic mass is 79.9. The predicted molar refractivity (Wildman–Crippen MR) is 75.2 cm³/mol. The van der Waals surface area contributed by atoms with Gasteiger partial charge in [0.25, 0.3) is 0 Å². The van der Waals surface area contributed by atoms with Crippen molar-refractivity contribution in [2.75, 3.05) is 18.0 Å². The second-order valence-corrected chi connectivity index (χ2v) is 5.57. The minimum Gasteiger partial charge on any atom is -0.478 e. The molecule has 0 saturated carbocycles. The number of carbonyl (C=O) groups excluding carboxylic acids is 1. The minimum atomic E-state index is -0.975. The molecule has 0 aromatic heterocycles. The number of amides is 1. The molecule has 0 spiro atoms. The molecule has 1 saturated heterocycles. The molecule has 1 aromatic rings. The van der Waals surface area contributed by atoms with E-state index in [1.165, 1.54) is 0 Å². The first kappa shape index (κ1) is 13.9. The molecular weight excluding hydrogens is 312 g/mol. The van der Waals surface area contributed by atoms with Crippen LogP contribution in [0.5, 0.6) is 0 Å². The summed E-state index contributed by atoms with van der Waals surface area (Å²) < 4.78 is 0.720. The molecule has 2 rings (SSSR count). The Kier molecular flexibility index (Phi) is 4.09. The number of rotatable bonds is 3. The Bertz CT molecular complexity index is 519. The van der Waals surface area contributed by atoms with E-state index >= 15 is 0 Å². The lowest BCUT2D eigenvalue weighted by Gasteiger charge is -2.33. The van der Waals surface area contributed by atoms with Gasteiger partial charge >= 0.3 is 5.97 Å². The van der Waals surface area contributed by atoms with E-state index in [2.05, 4.69) is 15.9 Å². The fraction of sp³-hybridized carbons (Fsp3) is 0.385. The molecule has 1 aromatic carbocycles. The molecule has 1 heterocycles. The second-order valence-electron chi connectivity index (χ2n) is 4.65. The zero-order valence-corrected chi connectivity index (χ0v) is 11.9. The van der Waals surface area contributed by atoms with Crippen molar-refractivity contribution in [2.24, 2.45) is 11.7 Å². The molecule has 3 N–H and O–H groups in total. The molecule has 6 heteroatoms. The molecule has 0 aliphatic carbocycles. The fourth-order valence-electron chi connectivity index (χ4n) is 2.38. The van der Waals surface area contributed by atoms with Gasteiger partial charge in [0.05, 0.1) is 17.2 Å². The zero-order valence-electron chi connectivity index (χ0n) is 10.3.